The number of hydrogen-bond donors (Lipinski definition) is 1. The lowest BCUT2D eigenvalue weighted by atomic mass is 10.2. The van der Waals surface area contributed by atoms with E-state index in [1.807, 2.05) is 18.2 Å². The first-order valence-corrected chi connectivity index (χ1v) is 5.74. The summed E-state index contributed by atoms with van der Waals surface area (Å²) in [5.74, 6) is 1.26. The zero-order valence-corrected chi connectivity index (χ0v) is 11.0. The van der Waals surface area contributed by atoms with Crippen LogP contribution < -0.4 is 14.8 Å². The van der Waals surface area contributed by atoms with Gasteiger partial charge in [-0.2, -0.15) is 0 Å². The van der Waals surface area contributed by atoms with Crippen LogP contribution in [0.4, 0.5) is 5.69 Å². The highest BCUT2D eigenvalue weighted by atomic mass is 16.5. The molecule has 100 valence electrons. The second kappa shape index (κ2) is 7.42. The van der Waals surface area contributed by atoms with Gasteiger partial charge in [0.1, 0.15) is 11.5 Å². The van der Waals surface area contributed by atoms with Crippen LogP contribution in [0, 0.1) is 0 Å². The van der Waals surface area contributed by atoms with Crippen molar-refractivity contribution in [3.63, 3.8) is 0 Å². The molecule has 0 atom stereocenters. The lowest BCUT2D eigenvalue weighted by Crippen LogP contribution is -2.07. The van der Waals surface area contributed by atoms with Gasteiger partial charge in [-0.3, -0.25) is 4.79 Å². The summed E-state index contributed by atoms with van der Waals surface area (Å²) in [7, 11) is 4.61. The molecule has 0 saturated heterocycles. The number of anilines is 1. The molecule has 0 aliphatic heterocycles. The average Bonchev–Trinajstić information content (AvgIpc) is 2.43. The van der Waals surface area contributed by atoms with Gasteiger partial charge in [0.2, 0.25) is 0 Å². The molecule has 1 N–H and O–H groups in total. The van der Waals surface area contributed by atoms with Crippen molar-refractivity contribution < 1.29 is 19.0 Å². The number of methoxy groups -OCH3 is 3. The number of esters is 1. The van der Waals surface area contributed by atoms with E-state index in [9.17, 15) is 4.79 Å². The first kappa shape index (κ1) is 14.2. The Bertz CT molecular complexity index is 393. The molecular weight excluding hydrogens is 234 g/mol. The van der Waals surface area contributed by atoms with E-state index < -0.39 is 0 Å². The van der Waals surface area contributed by atoms with Crippen LogP contribution in [0.2, 0.25) is 0 Å². The van der Waals surface area contributed by atoms with Crippen molar-refractivity contribution >= 4 is 11.7 Å². The quantitative estimate of drug-likeness (QED) is 0.595. The Morgan fingerprint density at radius 2 is 2.00 bits per heavy atom. The molecule has 18 heavy (non-hydrogen) atoms. The summed E-state index contributed by atoms with van der Waals surface area (Å²) in [6.45, 7) is 0.678. The molecule has 1 aromatic rings. The van der Waals surface area contributed by atoms with Crippen LogP contribution in [-0.4, -0.2) is 33.8 Å². The fraction of sp³-hybridized carbons (Fsp3) is 0.462. The van der Waals surface area contributed by atoms with E-state index in [2.05, 4.69) is 10.1 Å². The van der Waals surface area contributed by atoms with Gasteiger partial charge in [0.15, 0.2) is 0 Å². The molecule has 1 aromatic carbocycles. The Hall–Kier alpha value is -1.91. The van der Waals surface area contributed by atoms with Gasteiger partial charge >= 0.3 is 5.97 Å². The maximum absolute atomic E-state index is 10.9. The Morgan fingerprint density at radius 1 is 1.22 bits per heavy atom. The van der Waals surface area contributed by atoms with Gasteiger partial charge in [0, 0.05) is 19.0 Å². The number of hydrogen-bond acceptors (Lipinski definition) is 5. The Morgan fingerprint density at radius 3 is 2.61 bits per heavy atom. The highest BCUT2D eigenvalue weighted by molar-refractivity contribution is 5.69. The topological polar surface area (TPSA) is 56.8 Å². The summed E-state index contributed by atoms with van der Waals surface area (Å²) in [4.78, 5) is 10.9. The van der Waals surface area contributed by atoms with Gasteiger partial charge in [0.05, 0.1) is 27.0 Å². The molecule has 0 bridgehead atoms. The highest BCUT2D eigenvalue weighted by Gasteiger charge is 2.05. The maximum Gasteiger partial charge on any atom is 0.305 e. The molecule has 0 amide bonds. The normalized spacial score (nSPS) is 9.72. The third-order valence-corrected chi connectivity index (χ3v) is 2.51. The van der Waals surface area contributed by atoms with Crippen LogP contribution in [0.5, 0.6) is 11.5 Å². The molecule has 0 heterocycles. The van der Waals surface area contributed by atoms with Crippen molar-refractivity contribution in [2.24, 2.45) is 0 Å². The molecular formula is C13H19NO4. The first-order chi connectivity index (χ1) is 8.71. The minimum atomic E-state index is -0.196. The molecule has 0 aliphatic carbocycles. The average molecular weight is 253 g/mol. The van der Waals surface area contributed by atoms with Gasteiger partial charge in [-0.15, -0.1) is 0 Å². The molecule has 5 nitrogen and oxygen atoms in total. The van der Waals surface area contributed by atoms with Crippen LogP contribution in [0.15, 0.2) is 18.2 Å². The van der Waals surface area contributed by atoms with Gasteiger partial charge in [-0.05, 0) is 18.6 Å². The third-order valence-electron chi connectivity index (χ3n) is 2.51. The number of nitrogens with one attached hydrogen (secondary N) is 1. The standard InChI is InChI=1S/C13H19NO4/c1-16-10-6-7-11(12(9-10)17-2)14-8-4-5-13(15)18-3/h6-7,9,14H,4-5,8H2,1-3H3. The van der Waals surface area contributed by atoms with Crippen molar-refractivity contribution in [2.45, 2.75) is 12.8 Å². The molecule has 0 aromatic heterocycles. The van der Waals surface area contributed by atoms with Gasteiger partial charge in [-0.1, -0.05) is 0 Å². The third kappa shape index (κ3) is 4.16. The molecule has 5 heteroatoms. The summed E-state index contributed by atoms with van der Waals surface area (Å²) in [6.07, 6.45) is 1.11. The van der Waals surface area contributed by atoms with E-state index in [0.717, 1.165) is 11.4 Å². The van der Waals surface area contributed by atoms with Gasteiger partial charge in [0.25, 0.3) is 0 Å². The number of carbonyl (C=O) groups excluding carboxylic acids is 1. The largest absolute Gasteiger partial charge is 0.497 e. The number of ether oxygens (including phenoxy) is 3. The molecule has 0 unspecified atom stereocenters. The summed E-state index contributed by atoms with van der Waals surface area (Å²) in [5.41, 5.74) is 0.878. The van der Waals surface area contributed by atoms with E-state index >= 15 is 0 Å². The highest BCUT2D eigenvalue weighted by Crippen LogP contribution is 2.28. The predicted molar refractivity (Wildman–Crippen MR) is 69.3 cm³/mol. The van der Waals surface area contributed by atoms with Crippen LogP contribution in [-0.2, 0) is 9.53 Å². The molecule has 0 radical (unpaired) electrons. The Labute approximate surface area is 107 Å². The first-order valence-electron chi connectivity index (χ1n) is 5.74. The summed E-state index contributed by atoms with van der Waals surface area (Å²) in [5, 5.41) is 3.21. The second-order valence-corrected chi connectivity index (χ2v) is 3.67. The van der Waals surface area contributed by atoms with Crippen LogP contribution in [0.25, 0.3) is 0 Å². The number of benzene rings is 1. The van der Waals surface area contributed by atoms with Crippen LogP contribution in [0.3, 0.4) is 0 Å². The van der Waals surface area contributed by atoms with Gasteiger partial charge in [-0.25, -0.2) is 0 Å². The Balaban J connectivity index is 2.49. The summed E-state index contributed by atoms with van der Waals surface area (Å²) < 4.78 is 14.9. The number of carbonyl (C=O) groups is 1. The van der Waals surface area contributed by atoms with Crippen molar-refractivity contribution in [3.05, 3.63) is 18.2 Å². The van der Waals surface area contributed by atoms with E-state index in [4.69, 9.17) is 9.47 Å². The maximum atomic E-state index is 10.9. The van der Waals surface area contributed by atoms with E-state index in [-0.39, 0.29) is 5.97 Å². The van der Waals surface area contributed by atoms with Gasteiger partial charge < -0.3 is 19.5 Å². The van der Waals surface area contributed by atoms with Crippen molar-refractivity contribution in [3.8, 4) is 11.5 Å². The Kier molecular flexibility index (Phi) is 5.84. The summed E-state index contributed by atoms with van der Waals surface area (Å²) >= 11 is 0. The van der Waals surface area contributed by atoms with Crippen molar-refractivity contribution in [1.82, 2.24) is 0 Å². The van der Waals surface area contributed by atoms with Crippen LogP contribution >= 0.6 is 0 Å². The van der Waals surface area contributed by atoms with Crippen molar-refractivity contribution in [2.75, 3.05) is 33.2 Å². The minimum absolute atomic E-state index is 0.196. The zero-order chi connectivity index (χ0) is 13.4. The minimum Gasteiger partial charge on any atom is -0.497 e. The zero-order valence-electron chi connectivity index (χ0n) is 11.0. The summed E-state index contributed by atoms with van der Waals surface area (Å²) in [6, 6.07) is 5.55. The fourth-order valence-electron chi connectivity index (χ4n) is 1.50. The lowest BCUT2D eigenvalue weighted by Gasteiger charge is -2.12. The molecule has 0 aliphatic rings. The van der Waals surface area contributed by atoms with Crippen molar-refractivity contribution in [1.29, 1.82) is 0 Å². The molecule has 0 saturated carbocycles. The SMILES string of the molecule is COC(=O)CCCNc1ccc(OC)cc1OC. The fourth-order valence-corrected chi connectivity index (χ4v) is 1.50. The van der Waals surface area contributed by atoms with E-state index in [0.29, 0.717) is 25.1 Å². The predicted octanol–water partition coefficient (Wildman–Crippen LogP) is 2.07. The molecule has 1 rings (SSSR count). The molecule has 0 spiro atoms. The number of rotatable bonds is 7. The van der Waals surface area contributed by atoms with Crippen LogP contribution in [0.1, 0.15) is 12.8 Å². The molecule has 0 fully saturated rings. The lowest BCUT2D eigenvalue weighted by molar-refractivity contribution is -0.140. The van der Waals surface area contributed by atoms with E-state index in [1.165, 1.54) is 7.11 Å². The second-order valence-electron chi connectivity index (χ2n) is 3.67. The van der Waals surface area contributed by atoms with E-state index in [1.54, 1.807) is 14.2 Å². The monoisotopic (exact) mass is 253 g/mol. The smallest absolute Gasteiger partial charge is 0.305 e.